The second-order valence-corrected chi connectivity index (χ2v) is 7.35. The molecule has 0 amide bonds. The van der Waals surface area contributed by atoms with Gasteiger partial charge in [0, 0.05) is 25.2 Å². The Morgan fingerprint density at radius 2 is 1.96 bits per heavy atom. The standard InChI is InChI=1S/C20H26N6/c1-14-3-5-16(6-4-14)11-15(2)26-9-7-17(8-10-26)24-19-18-12-23-25-20(18)22-13-21-19/h3-6,12-13,15,17H,7-11H2,1-2H3,(H2,21,22,23,24,25). The number of nitrogens with one attached hydrogen (secondary N) is 2. The number of fused-ring (bicyclic) bond motifs is 1. The van der Waals surface area contributed by atoms with Crippen LogP contribution in [0.3, 0.4) is 0 Å². The normalized spacial score (nSPS) is 17.5. The van der Waals surface area contributed by atoms with Crippen LogP contribution in [0.5, 0.6) is 0 Å². The molecule has 3 aromatic rings. The largest absolute Gasteiger partial charge is 0.367 e. The van der Waals surface area contributed by atoms with Gasteiger partial charge in [-0.25, -0.2) is 9.97 Å². The van der Waals surface area contributed by atoms with Crippen molar-refractivity contribution in [1.29, 1.82) is 0 Å². The van der Waals surface area contributed by atoms with E-state index in [2.05, 4.69) is 68.5 Å². The molecular formula is C20H26N6. The number of hydrogen-bond acceptors (Lipinski definition) is 5. The molecule has 136 valence electrons. The van der Waals surface area contributed by atoms with E-state index in [1.165, 1.54) is 11.1 Å². The molecule has 4 rings (SSSR count). The number of nitrogens with zero attached hydrogens (tertiary/aromatic N) is 4. The average molecular weight is 350 g/mol. The molecule has 3 heterocycles. The van der Waals surface area contributed by atoms with Crippen molar-refractivity contribution < 1.29 is 0 Å². The third kappa shape index (κ3) is 3.70. The molecule has 0 saturated carbocycles. The Labute approximate surface area is 154 Å². The highest BCUT2D eigenvalue weighted by molar-refractivity contribution is 5.85. The zero-order chi connectivity index (χ0) is 17.9. The number of rotatable bonds is 5. The van der Waals surface area contributed by atoms with E-state index in [9.17, 15) is 0 Å². The topological polar surface area (TPSA) is 69.7 Å². The van der Waals surface area contributed by atoms with Crippen molar-refractivity contribution >= 4 is 16.9 Å². The minimum atomic E-state index is 0.450. The first kappa shape index (κ1) is 17.0. The lowest BCUT2D eigenvalue weighted by Crippen LogP contribution is -2.44. The number of aromatic nitrogens is 4. The second-order valence-electron chi connectivity index (χ2n) is 7.35. The lowest BCUT2D eigenvalue weighted by atomic mass is 9.99. The van der Waals surface area contributed by atoms with Gasteiger partial charge in [0.25, 0.3) is 0 Å². The molecule has 2 N–H and O–H groups in total. The molecule has 1 atom stereocenters. The van der Waals surface area contributed by atoms with Crippen LogP contribution in [0.25, 0.3) is 11.0 Å². The number of likely N-dealkylation sites (tertiary alicyclic amines) is 1. The molecule has 0 radical (unpaired) electrons. The van der Waals surface area contributed by atoms with Gasteiger partial charge in [0.2, 0.25) is 0 Å². The first-order chi connectivity index (χ1) is 12.7. The summed E-state index contributed by atoms with van der Waals surface area (Å²) in [6.07, 6.45) is 6.74. The maximum atomic E-state index is 4.39. The summed E-state index contributed by atoms with van der Waals surface area (Å²) in [4.78, 5) is 11.2. The van der Waals surface area contributed by atoms with E-state index in [-0.39, 0.29) is 0 Å². The highest BCUT2D eigenvalue weighted by atomic mass is 15.2. The summed E-state index contributed by atoms with van der Waals surface area (Å²) in [6, 6.07) is 9.94. The van der Waals surface area contributed by atoms with Gasteiger partial charge >= 0.3 is 0 Å². The summed E-state index contributed by atoms with van der Waals surface area (Å²) in [5.74, 6) is 0.884. The Morgan fingerprint density at radius 1 is 1.19 bits per heavy atom. The zero-order valence-corrected chi connectivity index (χ0v) is 15.4. The van der Waals surface area contributed by atoms with Gasteiger partial charge in [-0.15, -0.1) is 0 Å². The Balaban J connectivity index is 1.32. The molecule has 1 aliphatic rings. The molecule has 26 heavy (non-hydrogen) atoms. The number of aryl methyl sites for hydroxylation is 1. The van der Waals surface area contributed by atoms with Gasteiger partial charge in [-0.1, -0.05) is 29.8 Å². The van der Waals surface area contributed by atoms with E-state index in [4.69, 9.17) is 0 Å². The second kappa shape index (κ2) is 7.41. The highest BCUT2D eigenvalue weighted by Gasteiger charge is 2.23. The van der Waals surface area contributed by atoms with Crippen molar-refractivity contribution in [3.63, 3.8) is 0 Å². The van der Waals surface area contributed by atoms with Crippen molar-refractivity contribution in [1.82, 2.24) is 25.1 Å². The smallest absolute Gasteiger partial charge is 0.160 e. The number of aromatic amines is 1. The number of anilines is 1. The van der Waals surface area contributed by atoms with E-state index in [1.807, 2.05) is 0 Å². The predicted octanol–water partition coefficient (Wildman–Crippen LogP) is 3.17. The van der Waals surface area contributed by atoms with E-state index in [1.54, 1.807) is 12.5 Å². The highest BCUT2D eigenvalue weighted by Crippen LogP contribution is 2.22. The van der Waals surface area contributed by atoms with Crippen LogP contribution in [-0.2, 0) is 6.42 Å². The Bertz CT molecular complexity index is 848. The van der Waals surface area contributed by atoms with Crippen LogP contribution in [-0.4, -0.2) is 50.2 Å². The quantitative estimate of drug-likeness (QED) is 0.740. The lowest BCUT2D eigenvalue weighted by molar-refractivity contribution is 0.166. The minimum absolute atomic E-state index is 0.450. The Kier molecular flexibility index (Phi) is 4.84. The molecule has 1 fully saturated rings. The van der Waals surface area contributed by atoms with Crippen LogP contribution in [0.2, 0.25) is 0 Å². The fourth-order valence-electron chi connectivity index (χ4n) is 3.75. The number of benzene rings is 1. The van der Waals surface area contributed by atoms with Crippen LogP contribution in [0, 0.1) is 6.92 Å². The molecule has 1 saturated heterocycles. The summed E-state index contributed by atoms with van der Waals surface area (Å²) in [5.41, 5.74) is 3.53. The van der Waals surface area contributed by atoms with Crippen molar-refractivity contribution in [3.05, 3.63) is 47.9 Å². The van der Waals surface area contributed by atoms with E-state index < -0.39 is 0 Å². The van der Waals surface area contributed by atoms with Gasteiger partial charge in [-0.3, -0.25) is 5.10 Å². The third-order valence-corrected chi connectivity index (χ3v) is 5.39. The lowest BCUT2D eigenvalue weighted by Gasteiger charge is -2.36. The van der Waals surface area contributed by atoms with Gasteiger partial charge in [0.1, 0.15) is 12.1 Å². The van der Waals surface area contributed by atoms with Crippen LogP contribution < -0.4 is 5.32 Å². The molecule has 2 aromatic heterocycles. The SMILES string of the molecule is Cc1ccc(CC(C)N2CCC(Nc3ncnc4[nH]ncc34)CC2)cc1. The van der Waals surface area contributed by atoms with Gasteiger partial charge < -0.3 is 10.2 Å². The molecule has 1 unspecified atom stereocenters. The van der Waals surface area contributed by atoms with Gasteiger partial charge in [0.15, 0.2) is 5.65 Å². The van der Waals surface area contributed by atoms with Crippen molar-refractivity contribution in [3.8, 4) is 0 Å². The Morgan fingerprint density at radius 3 is 2.73 bits per heavy atom. The van der Waals surface area contributed by atoms with E-state index in [0.717, 1.165) is 49.2 Å². The molecule has 6 heteroatoms. The van der Waals surface area contributed by atoms with Crippen LogP contribution in [0.1, 0.15) is 30.9 Å². The maximum Gasteiger partial charge on any atom is 0.160 e. The fraction of sp³-hybridized carbons (Fsp3) is 0.450. The maximum absolute atomic E-state index is 4.39. The summed E-state index contributed by atoms with van der Waals surface area (Å²) in [5, 5.41) is 11.5. The summed E-state index contributed by atoms with van der Waals surface area (Å²) >= 11 is 0. The monoisotopic (exact) mass is 350 g/mol. The van der Waals surface area contributed by atoms with Crippen LogP contribution >= 0.6 is 0 Å². The van der Waals surface area contributed by atoms with Crippen molar-refractivity contribution in [2.75, 3.05) is 18.4 Å². The number of piperidine rings is 1. The molecule has 6 nitrogen and oxygen atoms in total. The third-order valence-electron chi connectivity index (χ3n) is 5.39. The van der Waals surface area contributed by atoms with Crippen LogP contribution in [0.4, 0.5) is 5.82 Å². The summed E-state index contributed by atoms with van der Waals surface area (Å²) in [6.45, 7) is 6.71. The number of hydrogen-bond donors (Lipinski definition) is 2. The number of H-pyrrole nitrogens is 1. The molecule has 1 aliphatic heterocycles. The van der Waals surface area contributed by atoms with Crippen molar-refractivity contribution in [2.45, 2.75) is 45.2 Å². The Hall–Kier alpha value is -2.47. The molecule has 1 aromatic carbocycles. The van der Waals surface area contributed by atoms with Crippen LogP contribution in [0.15, 0.2) is 36.8 Å². The first-order valence-corrected chi connectivity index (χ1v) is 9.39. The van der Waals surface area contributed by atoms with Gasteiger partial charge in [-0.2, -0.15) is 5.10 Å². The summed E-state index contributed by atoms with van der Waals surface area (Å²) in [7, 11) is 0. The van der Waals surface area contributed by atoms with Gasteiger partial charge in [0.05, 0.1) is 11.6 Å². The first-order valence-electron chi connectivity index (χ1n) is 9.39. The van der Waals surface area contributed by atoms with Crippen molar-refractivity contribution in [2.24, 2.45) is 0 Å². The molecular weight excluding hydrogens is 324 g/mol. The minimum Gasteiger partial charge on any atom is -0.367 e. The molecule has 0 spiro atoms. The average Bonchev–Trinajstić information content (AvgIpc) is 3.14. The zero-order valence-electron chi connectivity index (χ0n) is 15.4. The molecule has 0 aliphatic carbocycles. The summed E-state index contributed by atoms with van der Waals surface area (Å²) < 4.78 is 0. The van der Waals surface area contributed by atoms with Gasteiger partial charge in [-0.05, 0) is 38.7 Å². The molecule has 0 bridgehead atoms. The van der Waals surface area contributed by atoms with E-state index >= 15 is 0 Å². The van der Waals surface area contributed by atoms with E-state index in [0.29, 0.717) is 12.1 Å². The fourth-order valence-corrected chi connectivity index (χ4v) is 3.75. The predicted molar refractivity (Wildman–Crippen MR) is 104 cm³/mol.